The molecule has 0 radical (unpaired) electrons. The van der Waals surface area contributed by atoms with Crippen LogP contribution in [0.3, 0.4) is 0 Å². The van der Waals surface area contributed by atoms with Crippen LogP contribution >= 0.6 is 35.1 Å². The number of anilines is 1. The third-order valence-corrected chi connectivity index (χ3v) is 6.19. The topological polar surface area (TPSA) is 39.0 Å². The highest BCUT2D eigenvalue weighted by Crippen LogP contribution is 2.39. The smallest absolute Gasteiger partial charge is 0.276 e. The van der Waals surface area contributed by atoms with E-state index < -0.39 is 5.82 Å². The quantitative estimate of drug-likeness (QED) is 0.767. The Morgan fingerprint density at radius 3 is 2.54 bits per heavy atom. The second-order valence-corrected chi connectivity index (χ2v) is 8.03. The molecule has 4 rings (SSSR count). The summed E-state index contributed by atoms with van der Waals surface area (Å²) < 4.78 is 21.0. The van der Waals surface area contributed by atoms with Crippen LogP contribution in [0.15, 0.2) is 16.9 Å². The van der Waals surface area contributed by atoms with Crippen molar-refractivity contribution in [3.63, 3.8) is 0 Å². The molecule has 1 aliphatic carbocycles. The van der Waals surface area contributed by atoms with E-state index in [1.165, 1.54) is 18.9 Å². The number of halogens is 3. The largest absolute Gasteiger partial charge is 0.328 e. The predicted molar refractivity (Wildman–Crippen MR) is 97.6 cm³/mol. The Bertz CT molecular complexity index is 860. The molecular weight excluding hydrogens is 372 g/mol. The first-order chi connectivity index (χ1) is 11.6. The van der Waals surface area contributed by atoms with E-state index in [9.17, 15) is 9.18 Å². The van der Waals surface area contributed by atoms with Gasteiger partial charge in [-0.3, -0.25) is 9.48 Å². The lowest BCUT2D eigenvalue weighted by molar-refractivity contribution is 0.356. The van der Waals surface area contributed by atoms with Gasteiger partial charge in [0.2, 0.25) is 0 Å². The highest BCUT2D eigenvalue weighted by molar-refractivity contribution is 8.01. The molecule has 1 saturated carbocycles. The van der Waals surface area contributed by atoms with Gasteiger partial charge >= 0.3 is 0 Å². The summed E-state index contributed by atoms with van der Waals surface area (Å²) in [4.78, 5) is 12.7. The van der Waals surface area contributed by atoms with Crippen LogP contribution in [0.25, 0.3) is 11.1 Å². The first-order valence-electron chi connectivity index (χ1n) is 7.96. The fourth-order valence-corrected chi connectivity index (χ4v) is 4.35. The summed E-state index contributed by atoms with van der Waals surface area (Å²) in [6.45, 7) is 1.28. The van der Waals surface area contributed by atoms with Gasteiger partial charge in [0.25, 0.3) is 5.56 Å². The van der Waals surface area contributed by atoms with Gasteiger partial charge in [-0.1, -0.05) is 23.2 Å². The molecule has 1 N–H and O–H groups in total. The second-order valence-electron chi connectivity index (χ2n) is 6.16. The summed E-state index contributed by atoms with van der Waals surface area (Å²) in [5, 5.41) is 1.16. The SMILES string of the molecule is O=c1c(-c2cc(NSC3CC3)c(Cl)cc2F)c(Cl)n2n1CCCC2. The van der Waals surface area contributed by atoms with Crippen LogP contribution in [0.5, 0.6) is 0 Å². The minimum Gasteiger partial charge on any atom is -0.328 e. The predicted octanol–water partition coefficient (Wildman–Crippen LogP) is 4.78. The maximum absolute atomic E-state index is 14.5. The van der Waals surface area contributed by atoms with Gasteiger partial charge in [0.15, 0.2) is 0 Å². The van der Waals surface area contributed by atoms with Crippen molar-refractivity contribution in [1.82, 2.24) is 9.36 Å². The van der Waals surface area contributed by atoms with Crippen molar-refractivity contribution >= 4 is 40.8 Å². The third-order valence-electron chi connectivity index (χ3n) is 4.35. The molecule has 4 nitrogen and oxygen atoms in total. The molecule has 2 aromatic rings. The van der Waals surface area contributed by atoms with E-state index in [4.69, 9.17) is 23.2 Å². The van der Waals surface area contributed by atoms with Gasteiger partial charge in [-0.2, -0.15) is 0 Å². The lowest BCUT2D eigenvalue weighted by Crippen LogP contribution is -2.27. The highest BCUT2D eigenvalue weighted by Gasteiger charge is 2.26. The van der Waals surface area contributed by atoms with E-state index in [1.807, 2.05) is 0 Å². The first-order valence-corrected chi connectivity index (χ1v) is 9.60. The van der Waals surface area contributed by atoms with Crippen molar-refractivity contribution in [3.05, 3.63) is 38.5 Å². The standard InChI is InChI=1S/C16H16Cl2FN3OS/c17-11-8-12(19)10(7-13(11)20-24-9-3-4-9)14-15(18)21-5-1-2-6-22(21)16(14)23/h7-9,20H,1-6H2. The van der Waals surface area contributed by atoms with Crippen molar-refractivity contribution in [2.24, 2.45) is 0 Å². The van der Waals surface area contributed by atoms with Crippen molar-refractivity contribution < 1.29 is 4.39 Å². The molecule has 0 unspecified atom stereocenters. The maximum atomic E-state index is 14.5. The first kappa shape index (κ1) is 16.4. The Hall–Kier alpha value is -1.11. The van der Waals surface area contributed by atoms with E-state index in [1.54, 1.807) is 27.4 Å². The van der Waals surface area contributed by atoms with Crippen LogP contribution in [-0.4, -0.2) is 14.6 Å². The molecule has 0 amide bonds. The molecule has 128 valence electrons. The lowest BCUT2D eigenvalue weighted by atomic mass is 10.1. The molecule has 0 spiro atoms. The molecule has 1 aromatic carbocycles. The number of fused-ring (bicyclic) bond motifs is 1. The van der Waals surface area contributed by atoms with Crippen molar-refractivity contribution in [1.29, 1.82) is 0 Å². The van der Waals surface area contributed by atoms with Crippen LogP contribution in [0.4, 0.5) is 10.1 Å². The zero-order chi connectivity index (χ0) is 16.8. The summed E-state index contributed by atoms with van der Waals surface area (Å²) in [5.41, 5.74) is 0.770. The molecule has 8 heteroatoms. The highest BCUT2D eigenvalue weighted by atomic mass is 35.5. The molecule has 24 heavy (non-hydrogen) atoms. The van der Waals surface area contributed by atoms with Gasteiger partial charge in [0, 0.05) is 23.9 Å². The normalized spacial score (nSPS) is 17.0. The average molecular weight is 388 g/mol. The molecule has 2 aliphatic rings. The zero-order valence-corrected chi connectivity index (χ0v) is 15.1. The number of benzene rings is 1. The fourth-order valence-electron chi connectivity index (χ4n) is 2.90. The number of hydrogen-bond acceptors (Lipinski definition) is 3. The Labute approximate surface area is 153 Å². The molecule has 1 fully saturated rings. The van der Waals surface area contributed by atoms with E-state index in [0.717, 1.165) is 12.8 Å². The lowest BCUT2D eigenvalue weighted by Gasteiger charge is -2.17. The van der Waals surface area contributed by atoms with Gasteiger partial charge in [-0.15, -0.1) is 0 Å². The number of nitrogens with zero attached hydrogens (tertiary/aromatic N) is 2. The van der Waals surface area contributed by atoms with Crippen LogP contribution in [0.1, 0.15) is 25.7 Å². The van der Waals surface area contributed by atoms with Gasteiger partial charge in [-0.25, -0.2) is 9.07 Å². The van der Waals surface area contributed by atoms with Crippen molar-refractivity contribution in [2.75, 3.05) is 4.72 Å². The molecule has 0 saturated heterocycles. The summed E-state index contributed by atoms with van der Waals surface area (Å²) in [5.74, 6) is -0.537. The fraction of sp³-hybridized carbons (Fsp3) is 0.438. The Kier molecular flexibility index (Phi) is 4.31. The third kappa shape index (κ3) is 2.85. The summed E-state index contributed by atoms with van der Waals surface area (Å²) >= 11 is 14.1. The van der Waals surface area contributed by atoms with Gasteiger partial charge in [0.1, 0.15) is 11.0 Å². The monoisotopic (exact) mass is 387 g/mol. The molecule has 1 aromatic heterocycles. The zero-order valence-electron chi connectivity index (χ0n) is 12.8. The number of hydrogen-bond donors (Lipinski definition) is 1. The maximum Gasteiger partial charge on any atom is 0.276 e. The molecule has 1 aliphatic heterocycles. The molecule has 0 bridgehead atoms. The summed E-state index contributed by atoms with van der Waals surface area (Å²) in [6.07, 6.45) is 4.22. The summed E-state index contributed by atoms with van der Waals surface area (Å²) in [6, 6.07) is 2.83. The minimum atomic E-state index is -0.537. The minimum absolute atomic E-state index is 0.197. The van der Waals surface area contributed by atoms with Crippen LogP contribution in [-0.2, 0) is 13.1 Å². The number of rotatable bonds is 4. The van der Waals surface area contributed by atoms with E-state index in [0.29, 0.717) is 34.2 Å². The number of aromatic nitrogens is 2. The molecule has 2 heterocycles. The van der Waals surface area contributed by atoms with Crippen LogP contribution in [0, 0.1) is 5.82 Å². The van der Waals surface area contributed by atoms with Gasteiger partial charge in [-0.05, 0) is 49.8 Å². The second kappa shape index (κ2) is 6.32. The van der Waals surface area contributed by atoms with E-state index >= 15 is 0 Å². The van der Waals surface area contributed by atoms with Crippen molar-refractivity contribution in [2.45, 2.75) is 44.0 Å². The number of nitrogens with one attached hydrogen (secondary N) is 1. The van der Waals surface area contributed by atoms with Crippen LogP contribution in [0.2, 0.25) is 10.2 Å². The summed E-state index contributed by atoms with van der Waals surface area (Å²) in [7, 11) is 0. The van der Waals surface area contributed by atoms with Gasteiger partial charge in [0.05, 0.1) is 16.3 Å². The van der Waals surface area contributed by atoms with Gasteiger partial charge < -0.3 is 4.72 Å². The Morgan fingerprint density at radius 1 is 1.17 bits per heavy atom. The Balaban J connectivity index is 1.79. The van der Waals surface area contributed by atoms with E-state index in [-0.39, 0.29) is 16.7 Å². The average Bonchev–Trinajstić information content (AvgIpc) is 3.36. The molecular formula is C16H16Cl2FN3OS. The van der Waals surface area contributed by atoms with Crippen molar-refractivity contribution in [3.8, 4) is 11.1 Å². The Morgan fingerprint density at radius 2 is 1.88 bits per heavy atom. The van der Waals surface area contributed by atoms with E-state index in [2.05, 4.69) is 4.72 Å². The molecule has 0 atom stereocenters. The van der Waals surface area contributed by atoms with Crippen LogP contribution < -0.4 is 10.3 Å².